The highest BCUT2D eigenvalue weighted by Crippen LogP contribution is 2.20. The number of benzene rings is 2. The van der Waals surface area contributed by atoms with Crippen LogP contribution in [0.5, 0.6) is 0 Å². The fourth-order valence-corrected chi connectivity index (χ4v) is 3.12. The summed E-state index contributed by atoms with van der Waals surface area (Å²) in [5, 5.41) is 4.44. The first-order valence-electron chi connectivity index (χ1n) is 7.33. The lowest BCUT2D eigenvalue weighted by molar-refractivity contribution is 0.602. The summed E-state index contributed by atoms with van der Waals surface area (Å²) >= 11 is 0. The monoisotopic (exact) mass is 326 g/mol. The Morgan fingerprint density at radius 3 is 2.43 bits per heavy atom. The lowest BCUT2D eigenvalue weighted by atomic mass is 10.1. The molecule has 23 heavy (non-hydrogen) atoms. The van der Waals surface area contributed by atoms with Crippen LogP contribution in [0.3, 0.4) is 0 Å². The van der Waals surface area contributed by atoms with Gasteiger partial charge in [0.05, 0.1) is 10.4 Å². The van der Waals surface area contributed by atoms with Gasteiger partial charge in [-0.1, -0.05) is 30.3 Å². The van der Waals surface area contributed by atoms with Gasteiger partial charge in [-0.3, -0.25) is 0 Å². The SMILES string of the molecule is Cc1cc(NCc2ccc(S(C)(=O)=O)cc2)nc2ccccc12. The van der Waals surface area contributed by atoms with Crippen LogP contribution >= 0.6 is 0 Å². The quantitative estimate of drug-likeness (QED) is 0.796. The van der Waals surface area contributed by atoms with Crippen LogP contribution in [0.4, 0.5) is 5.82 Å². The number of fused-ring (bicyclic) bond motifs is 1. The molecule has 5 heteroatoms. The van der Waals surface area contributed by atoms with E-state index >= 15 is 0 Å². The number of pyridine rings is 1. The van der Waals surface area contributed by atoms with Crippen molar-refractivity contribution in [2.24, 2.45) is 0 Å². The van der Waals surface area contributed by atoms with Crippen molar-refractivity contribution in [3.8, 4) is 0 Å². The molecule has 2 aromatic carbocycles. The van der Waals surface area contributed by atoms with Crippen molar-refractivity contribution in [3.05, 3.63) is 65.7 Å². The topological polar surface area (TPSA) is 59.1 Å². The van der Waals surface area contributed by atoms with Crippen LogP contribution in [0.25, 0.3) is 10.9 Å². The Kier molecular flexibility index (Phi) is 4.05. The van der Waals surface area contributed by atoms with Crippen molar-refractivity contribution in [2.45, 2.75) is 18.4 Å². The van der Waals surface area contributed by atoms with Crippen molar-refractivity contribution in [2.75, 3.05) is 11.6 Å². The minimum atomic E-state index is -3.15. The van der Waals surface area contributed by atoms with Crippen LogP contribution in [0.1, 0.15) is 11.1 Å². The molecule has 118 valence electrons. The zero-order valence-corrected chi connectivity index (χ0v) is 13.9. The van der Waals surface area contributed by atoms with Crippen LogP contribution in [0.2, 0.25) is 0 Å². The summed E-state index contributed by atoms with van der Waals surface area (Å²) in [6, 6.07) is 17.0. The molecule has 3 rings (SSSR count). The number of nitrogens with one attached hydrogen (secondary N) is 1. The van der Waals surface area contributed by atoms with Gasteiger partial charge in [-0.05, 0) is 42.3 Å². The standard InChI is InChI=1S/C18H18N2O2S/c1-13-11-18(20-17-6-4-3-5-16(13)17)19-12-14-7-9-15(10-8-14)23(2,21)22/h3-11H,12H2,1-2H3,(H,19,20). The van der Waals surface area contributed by atoms with E-state index in [1.165, 1.54) is 11.8 Å². The lowest BCUT2D eigenvalue weighted by Crippen LogP contribution is -2.03. The zero-order valence-electron chi connectivity index (χ0n) is 13.1. The van der Waals surface area contributed by atoms with E-state index < -0.39 is 9.84 Å². The van der Waals surface area contributed by atoms with Gasteiger partial charge in [0.15, 0.2) is 9.84 Å². The summed E-state index contributed by atoms with van der Waals surface area (Å²) in [6.07, 6.45) is 1.21. The second-order valence-corrected chi connectivity index (χ2v) is 7.63. The second kappa shape index (κ2) is 6.01. The Balaban J connectivity index is 1.78. The van der Waals surface area contributed by atoms with Gasteiger partial charge >= 0.3 is 0 Å². The molecule has 0 spiro atoms. The average Bonchev–Trinajstić information content (AvgIpc) is 2.52. The molecule has 4 nitrogen and oxygen atoms in total. The maximum atomic E-state index is 11.5. The maximum Gasteiger partial charge on any atom is 0.175 e. The molecule has 1 heterocycles. The number of hydrogen-bond donors (Lipinski definition) is 1. The van der Waals surface area contributed by atoms with Gasteiger partial charge in [0.25, 0.3) is 0 Å². The normalized spacial score (nSPS) is 11.6. The molecule has 0 aliphatic heterocycles. The highest BCUT2D eigenvalue weighted by molar-refractivity contribution is 7.90. The molecule has 0 aliphatic rings. The van der Waals surface area contributed by atoms with Gasteiger partial charge < -0.3 is 5.32 Å². The van der Waals surface area contributed by atoms with Crippen molar-refractivity contribution in [1.82, 2.24) is 4.98 Å². The third-order valence-electron chi connectivity index (χ3n) is 3.75. The lowest BCUT2D eigenvalue weighted by Gasteiger charge is -2.09. The largest absolute Gasteiger partial charge is 0.366 e. The summed E-state index contributed by atoms with van der Waals surface area (Å²) in [6.45, 7) is 2.66. The van der Waals surface area contributed by atoms with E-state index in [1.54, 1.807) is 12.1 Å². The highest BCUT2D eigenvalue weighted by Gasteiger charge is 2.06. The van der Waals surface area contributed by atoms with E-state index in [0.717, 1.165) is 22.3 Å². The van der Waals surface area contributed by atoms with Crippen LogP contribution in [-0.2, 0) is 16.4 Å². The Labute approximate surface area is 136 Å². The number of anilines is 1. The van der Waals surface area contributed by atoms with Crippen LogP contribution in [0, 0.1) is 6.92 Å². The summed E-state index contributed by atoms with van der Waals surface area (Å²) in [7, 11) is -3.15. The minimum Gasteiger partial charge on any atom is -0.366 e. The van der Waals surface area contributed by atoms with E-state index in [2.05, 4.69) is 23.3 Å². The molecule has 0 aliphatic carbocycles. The van der Waals surface area contributed by atoms with Gasteiger partial charge in [0.2, 0.25) is 0 Å². The van der Waals surface area contributed by atoms with E-state index in [-0.39, 0.29) is 0 Å². The summed E-state index contributed by atoms with van der Waals surface area (Å²) in [5.74, 6) is 0.813. The Bertz CT molecular complexity index is 948. The molecule has 1 N–H and O–H groups in total. The molecule has 0 unspecified atom stereocenters. The minimum absolute atomic E-state index is 0.334. The Hall–Kier alpha value is -2.40. The molecule has 0 fully saturated rings. The van der Waals surface area contributed by atoms with Crippen molar-refractivity contribution < 1.29 is 8.42 Å². The van der Waals surface area contributed by atoms with E-state index in [9.17, 15) is 8.42 Å². The molecule has 3 aromatic rings. The van der Waals surface area contributed by atoms with E-state index in [1.807, 2.05) is 36.4 Å². The van der Waals surface area contributed by atoms with Gasteiger partial charge in [0, 0.05) is 18.2 Å². The fourth-order valence-electron chi connectivity index (χ4n) is 2.49. The molecule has 1 aromatic heterocycles. The fraction of sp³-hybridized carbons (Fsp3) is 0.167. The number of para-hydroxylation sites is 1. The molecule has 0 saturated carbocycles. The predicted molar refractivity (Wildman–Crippen MR) is 93.4 cm³/mol. The van der Waals surface area contributed by atoms with Crippen LogP contribution < -0.4 is 5.32 Å². The molecular weight excluding hydrogens is 308 g/mol. The van der Waals surface area contributed by atoms with E-state index in [0.29, 0.717) is 11.4 Å². The Morgan fingerprint density at radius 1 is 1.04 bits per heavy atom. The molecule has 0 saturated heterocycles. The number of aromatic nitrogens is 1. The molecule has 0 bridgehead atoms. The summed E-state index contributed by atoms with van der Waals surface area (Å²) in [5.41, 5.74) is 3.14. The van der Waals surface area contributed by atoms with Crippen LogP contribution in [-0.4, -0.2) is 19.7 Å². The molecule has 0 atom stereocenters. The predicted octanol–water partition coefficient (Wildman–Crippen LogP) is 3.56. The second-order valence-electron chi connectivity index (χ2n) is 5.61. The average molecular weight is 326 g/mol. The number of rotatable bonds is 4. The number of aryl methyl sites for hydroxylation is 1. The maximum absolute atomic E-state index is 11.5. The highest BCUT2D eigenvalue weighted by atomic mass is 32.2. The van der Waals surface area contributed by atoms with Gasteiger partial charge in [-0.15, -0.1) is 0 Å². The van der Waals surface area contributed by atoms with E-state index in [4.69, 9.17) is 0 Å². The first-order chi connectivity index (χ1) is 10.9. The van der Waals surface area contributed by atoms with Crippen molar-refractivity contribution in [3.63, 3.8) is 0 Å². The van der Waals surface area contributed by atoms with Gasteiger partial charge in [-0.25, -0.2) is 13.4 Å². The number of nitrogens with zero attached hydrogens (tertiary/aromatic N) is 1. The van der Waals surface area contributed by atoms with Gasteiger partial charge in [0.1, 0.15) is 5.82 Å². The number of sulfone groups is 1. The zero-order chi connectivity index (χ0) is 16.4. The third kappa shape index (κ3) is 3.51. The molecule has 0 amide bonds. The van der Waals surface area contributed by atoms with Gasteiger partial charge in [-0.2, -0.15) is 0 Å². The first kappa shape index (κ1) is 15.5. The smallest absolute Gasteiger partial charge is 0.175 e. The molecular formula is C18H18N2O2S. The Morgan fingerprint density at radius 2 is 1.74 bits per heavy atom. The first-order valence-corrected chi connectivity index (χ1v) is 9.22. The van der Waals surface area contributed by atoms with Crippen molar-refractivity contribution >= 4 is 26.6 Å². The van der Waals surface area contributed by atoms with Crippen LogP contribution in [0.15, 0.2) is 59.5 Å². The van der Waals surface area contributed by atoms with Crippen molar-refractivity contribution in [1.29, 1.82) is 0 Å². The third-order valence-corrected chi connectivity index (χ3v) is 4.88. The number of hydrogen-bond acceptors (Lipinski definition) is 4. The molecule has 0 radical (unpaired) electrons. The summed E-state index contributed by atoms with van der Waals surface area (Å²) in [4.78, 5) is 4.94. The summed E-state index contributed by atoms with van der Waals surface area (Å²) < 4.78 is 22.9.